The van der Waals surface area contributed by atoms with Crippen LogP contribution < -0.4 is 0 Å². The van der Waals surface area contributed by atoms with Gasteiger partial charge in [0.2, 0.25) is 0 Å². The number of fused-ring (bicyclic) bond motifs is 2. The zero-order valence-electron chi connectivity index (χ0n) is 18.5. The molecule has 0 radical (unpaired) electrons. The zero-order valence-corrected chi connectivity index (χ0v) is 18.5. The molecule has 6 rings (SSSR count). The Kier molecular flexibility index (Phi) is 4.24. The number of aromatic nitrogens is 4. The molecule has 31 heavy (non-hydrogen) atoms. The lowest BCUT2D eigenvalue weighted by atomic mass is 9.87. The van der Waals surface area contributed by atoms with Crippen molar-refractivity contribution in [3.63, 3.8) is 0 Å². The van der Waals surface area contributed by atoms with Gasteiger partial charge in [0.25, 0.3) is 0 Å². The third-order valence-corrected chi connectivity index (χ3v) is 6.94. The Labute approximate surface area is 182 Å². The molecule has 2 heterocycles. The standard InChI is InChI=1S/C26H29FN4/c1-15(2)23-10-19-13-30(21-4-5-21)28-25(19)12-18(23)8-16(3)17-9-20-14-31(22-6-7-22)29-26(20)24(27)11-17/h9-16,21-22H,4-8H2,1-3H3. The van der Waals surface area contributed by atoms with Gasteiger partial charge >= 0.3 is 0 Å². The van der Waals surface area contributed by atoms with Crippen LogP contribution in [0.4, 0.5) is 4.39 Å². The van der Waals surface area contributed by atoms with E-state index in [4.69, 9.17) is 5.10 Å². The highest BCUT2D eigenvalue weighted by Crippen LogP contribution is 2.38. The van der Waals surface area contributed by atoms with Crippen LogP contribution in [-0.4, -0.2) is 19.6 Å². The van der Waals surface area contributed by atoms with Gasteiger partial charge in [-0.1, -0.05) is 20.8 Å². The van der Waals surface area contributed by atoms with Crippen LogP contribution >= 0.6 is 0 Å². The molecule has 1 atom stereocenters. The van der Waals surface area contributed by atoms with E-state index in [2.05, 4.69) is 54.9 Å². The Balaban J connectivity index is 1.35. The highest BCUT2D eigenvalue weighted by molar-refractivity contribution is 5.81. The Hall–Kier alpha value is -2.69. The summed E-state index contributed by atoms with van der Waals surface area (Å²) in [6, 6.07) is 9.45. The van der Waals surface area contributed by atoms with Gasteiger partial charge in [0.15, 0.2) is 5.82 Å². The first kappa shape index (κ1) is 19.0. The molecule has 2 aromatic heterocycles. The molecule has 1 unspecified atom stereocenters. The van der Waals surface area contributed by atoms with E-state index in [0.29, 0.717) is 23.5 Å². The van der Waals surface area contributed by atoms with Crippen molar-refractivity contribution in [2.75, 3.05) is 0 Å². The molecular weight excluding hydrogens is 387 g/mol. The van der Waals surface area contributed by atoms with E-state index in [1.165, 1.54) is 29.4 Å². The summed E-state index contributed by atoms with van der Waals surface area (Å²) in [5.41, 5.74) is 5.31. The van der Waals surface area contributed by atoms with Gasteiger partial charge in [0, 0.05) is 23.2 Å². The molecule has 2 fully saturated rings. The molecule has 2 aliphatic carbocycles. The van der Waals surface area contributed by atoms with Gasteiger partial charge in [0.05, 0.1) is 17.6 Å². The van der Waals surface area contributed by atoms with Gasteiger partial charge in [-0.15, -0.1) is 0 Å². The quantitative estimate of drug-likeness (QED) is 0.352. The van der Waals surface area contributed by atoms with E-state index < -0.39 is 0 Å². The van der Waals surface area contributed by atoms with Crippen LogP contribution in [0.1, 0.15) is 87.1 Å². The van der Waals surface area contributed by atoms with Gasteiger partial charge in [0.1, 0.15) is 5.52 Å². The van der Waals surface area contributed by atoms with Crippen molar-refractivity contribution in [3.05, 3.63) is 59.2 Å². The maximum absolute atomic E-state index is 14.9. The first-order chi connectivity index (χ1) is 15.0. The Morgan fingerprint density at radius 1 is 0.903 bits per heavy atom. The summed E-state index contributed by atoms with van der Waals surface area (Å²) in [6.45, 7) is 6.69. The Morgan fingerprint density at radius 3 is 2.26 bits per heavy atom. The second-order valence-corrected chi connectivity index (χ2v) is 9.99. The third-order valence-electron chi connectivity index (χ3n) is 6.94. The van der Waals surface area contributed by atoms with Crippen molar-refractivity contribution in [3.8, 4) is 0 Å². The summed E-state index contributed by atoms with van der Waals surface area (Å²) in [7, 11) is 0. The molecule has 0 aliphatic heterocycles. The van der Waals surface area contributed by atoms with E-state index >= 15 is 0 Å². The number of nitrogens with zero attached hydrogens (tertiary/aromatic N) is 4. The van der Waals surface area contributed by atoms with E-state index in [-0.39, 0.29) is 11.7 Å². The topological polar surface area (TPSA) is 35.6 Å². The second-order valence-electron chi connectivity index (χ2n) is 9.99. The molecule has 0 N–H and O–H groups in total. The first-order valence-electron chi connectivity index (χ1n) is 11.7. The van der Waals surface area contributed by atoms with Crippen LogP contribution in [0.25, 0.3) is 21.8 Å². The minimum absolute atomic E-state index is 0.207. The largest absolute Gasteiger partial charge is 0.268 e. The highest BCUT2D eigenvalue weighted by atomic mass is 19.1. The van der Waals surface area contributed by atoms with Crippen molar-refractivity contribution in [1.82, 2.24) is 19.6 Å². The SMILES string of the molecule is CC(C)c1cc2cn(C3CC3)nc2cc1CC(C)c1cc(F)c2nn(C3CC3)cc2c1. The molecule has 0 amide bonds. The maximum atomic E-state index is 14.9. The van der Waals surface area contributed by atoms with Crippen LogP contribution in [0.3, 0.4) is 0 Å². The van der Waals surface area contributed by atoms with Gasteiger partial charge in [-0.3, -0.25) is 9.36 Å². The highest BCUT2D eigenvalue weighted by Gasteiger charge is 2.26. The molecule has 2 saturated carbocycles. The fourth-order valence-electron chi connectivity index (χ4n) is 4.78. The second kappa shape index (κ2) is 6.91. The molecule has 2 aromatic carbocycles. The Bertz CT molecular complexity index is 1290. The molecule has 160 valence electrons. The van der Waals surface area contributed by atoms with E-state index in [1.807, 2.05) is 10.9 Å². The van der Waals surface area contributed by atoms with Gasteiger partial charge in [-0.2, -0.15) is 10.2 Å². The lowest BCUT2D eigenvalue weighted by molar-refractivity contribution is 0.614. The average molecular weight is 417 g/mol. The number of hydrogen-bond acceptors (Lipinski definition) is 2. The predicted molar refractivity (Wildman–Crippen MR) is 122 cm³/mol. The summed E-state index contributed by atoms with van der Waals surface area (Å²) >= 11 is 0. The molecule has 4 nitrogen and oxygen atoms in total. The van der Waals surface area contributed by atoms with Crippen LogP contribution in [0.15, 0.2) is 36.7 Å². The fourth-order valence-corrected chi connectivity index (χ4v) is 4.78. The number of hydrogen-bond donors (Lipinski definition) is 0. The number of halogens is 1. The van der Waals surface area contributed by atoms with Gasteiger partial charge < -0.3 is 0 Å². The summed E-state index contributed by atoms with van der Waals surface area (Å²) < 4.78 is 18.9. The molecule has 0 saturated heterocycles. The summed E-state index contributed by atoms with van der Waals surface area (Å²) in [5, 5.41) is 11.5. The minimum Gasteiger partial charge on any atom is -0.268 e. The van der Waals surface area contributed by atoms with Gasteiger partial charge in [-0.05, 0) is 84.9 Å². The number of benzene rings is 2. The molecular formula is C26H29FN4. The van der Waals surface area contributed by atoms with Crippen LogP contribution in [0, 0.1) is 5.82 Å². The normalized spacial score (nSPS) is 17.8. The van der Waals surface area contributed by atoms with Crippen LogP contribution in [0.5, 0.6) is 0 Å². The average Bonchev–Trinajstić information content (AvgIpc) is 3.67. The van der Waals surface area contributed by atoms with Crippen molar-refractivity contribution in [1.29, 1.82) is 0 Å². The lowest BCUT2D eigenvalue weighted by Crippen LogP contribution is -2.04. The first-order valence-corrected chi connectivity index (χ1v) is 11.7. The summed E-state index contributed by atoms with van der Waals surface area (Å²) in [5.74, 6) is 0.442. The molecule has 4 aromatic rings. The Morgan fingerprint density at radius 2 is 1.58 bits per heavy atom. The third kappa shape index (κ3) is 3.44. The monoisotopic (exact) mass is 416 g/mol. The van der Waals surface area contributed by atoms with Crippen molar-refractivity contribution < 1.29 is 4.39 Å². The molecule has 0 spiro atoms. The van der Waals surface area contributed by atoms with Gasteiger partial charge in [-0.25, -0.2) is 4.39 Å². The van der Waals surface area contributed by atoms with Crippen LogP contribution in [-0.2, 0) is 6.42 Å². The summed E-state index contributed by atoms with van der Waals surface area (Å²) in [4.78, 5) is 0. The van der Waals surface area contributed by atoms with E-state index in [0.717, 1.165) is 35.7 Å². The van der Waals surface area contributed by atoms with E-state index in [9.17, 15) is 4.39 Å². The van der Waals surface area contributed by atoms with Crippen LogP contribution in [0.2, 0.25) is 0 Å². The van der Waals surface area contributed by atoms with Crippen molar-refractivity contribution in [2.24, 2.45) is 0 Å². The molecule has 0 bridgehead atoms. The van der Waals surface area contributed by atoms with E-state index in [1.54, 1.807) is 6.07 Å². The number of rotatable bonds is 6. The fraction of sp³-hybridized carbons (Fsp3) is 0.462. The predicted octanol–water partition coefficient (Wildman–Crippen LogP) is 6.66. The lowest BCUT2D eigenvalue weighted by Gasteiger charge is -2.18. The molecule has 2 aliphatic rings. The summed E-state index contributed by atoms with van der Waals surface area (Å²) in [6.07, 6.45) is 9.86. The van der Waals surface area contributed by atoms with Crippen molar-refractivity contribution in [2.45, 2.75) is 76.8 Å². The smallest absolute Gasteiger partial charge is 0.151 e. The van der Waals surface area contributed by atoms with Crippen molar-refractivity contribution >= 4 is 21.8 Å². The minimum atomic E-state index is -0.207. The molecule has 5 heteroatoms. The zero-order chi connectivity index (χ0) is 21.3. The maximum Gasteiger partial charge on any atom is 0.151 e.